The number of benzene rings is 2. The zero-order valence-corrected chi connectivity index (χ0v) is 11.3. The maximum atomic E-state index is 5.78. The fraction of sp³-hybridized carbons (Fsp3) is 0.333. The Kier molecular flexibility index (Phi) is 5.31. The number of hydrogen-bond acceptors (Lipinski definition) is 1. The molecule has 0 saturated carbocycles. The monoisotopic (exact) mass is 252 g/mol. The molecule has 0 saturated heterocycles. The highest BCUT2D eigenvalue weighted by atomic mass is 16.5. The van der Waals surface area contributed by atoms with Crippen molar-refractivity contribution in [2.45, 2.75) is 32.1 Å². The predicted octanol–water partition coefficient (Wildman–Crippen LogP) is 4.80. The first kappa shape index (κ1) is 13.5. The molecule has 0 bridgehead atoms. The van der Waals surface area contributed by atoms with Crippen molar-refractivity contribution in [1.82, 2.24) is 0 Å². The van der Waals surface area contributed by atoms with Gasteiger partial charge in [0.1, 0.15) is 5.75 Å². The van der Waals surface area contributed by atoms with Crippen LogP contribution in [-0.2, 0) is 0 Å². The smallest absolute Gasteiger partial charge is 0.119 e. The van der Waals surface area contributed by atoms with Gasteiger partial charge in [-0.25, -0.2) is 0 Å². The van der Waals surface area contributed by atoms with Crippen molar-refractivity contribution in [3.8, 4) is 18.1 Å². The van der Waals surface area contributed by atoms with E-state index in [0.29, 0.717) is 0 Å². The molecule has 98 valence electrons. The Morgan fingerprint density at radius 3 is 2.53 bits per heavy atom. The average Bonchev–Trinajstić information content (AvgIpc) is 2.46. The summed E-state index contributed by atoms with van der Waals surface area (Å²) in [5, 5.41) is 2.48. The molecule has 0 aromatic heterocycles. The third kappa shape index (κ3) is 4.34. The van der Waals surface area contributed by atoms with Gasteiger partial charge in [-0.2, -0.15) is 0 Å². The highest BCUT2D eigenvalue weighted by Gasteiger charge is 1.97. The van der Waals surface area contributed by atoms with Crippen LogP contribution in [0.3, 0.4) is 0 Å². The van der Waals surface area contributed by atoms with E-state index in [1.165, 1.54) is 23.6 Å². The van der Waals surface area contributed by atoms with Crippen LogP contribution in [0.25, 0.3) is 10.8 Å². The van der Waals surface area contributed by atoms with Crippen LogP contribution in [0.4, 0.5) is 0 Å². The third-order valence-corrected chi connectivity index (χ3v) is 3.21. The molecule has 0 radical (unpaired) electrons. The van der Waals surface area contributed by atoms with Crippen LogP contribution in [0.15, 0.2) is 42.5 Å². The van der Waals surface area contributed by atoms with Gasteiger partial charge in [0.2, 0.25) is 0 Å². The summed E-state index contributed by atoms with van der Waals surface area (Å²) in [5.41, 5.74) is 0. The Morgan fingerprint density at radius 2 is 1.68 bits per heavy atom. The second kappa shape index (κ2) is 7.48. The van der Waals surface area contributed by atoms with Gasteiger partial charge in [0, 0.05) is 6.42 Å². The summed E-state index contributed by atoms with van der Waals surface area (Å²) >= 11 is 0. The number of ether oxygens (including phenoxy) is 1. The SMILES string of the molecule is C#CCCCCCCOc1ccc2ccccc2c1. The molecular formula is C18H20O. The van der Waals surface area contributed by atoms with Crippen molar-refractivity contribution in [3.63, 3.8) is 0 Å². The molecule has 0 fully saturated rings. The van der Waals surface area contributed by atoms with Crippen LogP contribution in [0.2, 0.25) is 0 Å². The first-order chi connectivity index (χ1) is 9.40. The van der Waals surface area contributed by atoms with E-state index >= 15 is 0 Å². The van der Waals surface area contributed by atoms with Crippen LogP contribution in [-0.4, -0.2) is 6.61 Å². The van der Waals surface area contributed by atoms with Gasteiger partial charge in [0.25, 0.3) is 0 Å². The maximum Gasteiger partial charge on any atom is 0.119 e. The van der Waals surface area contributed by atoms with Crippen molar-refractivity contribution in [2.24, 2.45) is 0 Å². The maximum absolute atomic E-state index is 5.78. The van der Waals surface area contributed by atoms with Crippen molar-refractivity contribution in [3.05, 3.63) is 42.5 Å². The summed E-state index contributed by atoms with van der Waals surface area (Å²) in [6.07, 6.45) is 10.7. The summed E-state index contributed by atoms with van der Waals surface area (Å²) in [6, 6.07) is 14.6. The standard InChI is InChI=1S/C18H20O/c1-2-3-4-5-6-9-14-19-18-13-12-16-10-7-8-11-17(16)15-18/h1,7-8,10-13,15H,3-6,9,14H2. The number of fused-ring (bicyclic) bond motifs is 1. The third-order valence-electron chi connectivity index (χ3n) is 3.21. The molecule has 1 nitrogen and oxygen atoms in total. The molecule has 1 heteroatoms. The fourth-order valence-electron chi connectivity index (χ4n) is 2.13. The second-order valence-electron chi connectivity index (χ2n) is 4.73. The van der Waals surface area contributed by atoms with E-state index in [-0.39, 0.29) is 0 Å². The van der Waals surface area contributed by atoms with Crippen molar-refractivity contribution in [2.75, 3.05) is 6.61 Å². The molecule has 0 aliphatic carbocycles. The van der Waals surface area contributed by atoms with E-state index in [1.54, 1.807) is 0 Å². The summed E-state index contributed by atoms with van der Waals surface area (Å²) in [6.45, 7) is 0.786. The molecule has 19 heavy (non-hydrogen) atoms. The van der Waals surface area contributed by atoms with Crippen LogP contribution >= 0.6 is 0 Å². The molecule has 0 amide bonds. The van der Waals surface area contributed by atoms with Crippen LogP contribution < -0.4 is 4.74 Å². The molecule has 0 unspecified atom stereocenters. The summed E-state index contributed by atoms with van der Waals surface area (Å²) < 4.78 is 5.78. The number of unbranched alkanes of at least 4 members (excludes halogenated alkanes) is 4. The summed E-state index contributed by atoms with van der Waals surface area (Å²) in [5.74, 6) is 3.63. The minimum Gasteiger partial charge on any atom is -0.494 e. The topological polar surface area (TPSA) is 9.23 Å². The Hall–Kier alpha value is -1.94. The van der Waals surface area contributed by atoms with E-state index in [1.807, 2.05) is 6.07 Å². The van der Waals surface area contributed by atoms with E-state index in [9.17, 15) is 0 Å². The predicted molar refractivity (Wildman–Crippen MR) is 81.4 cm³/mol. The zero-order chi connectivity index (χ0) is 13.3. The first-order valence-corrected chi connectivity index (χ1v) is 6.95. The van der Waals surface area contributed by atoms with Gasteiger partial charge in [-0.1, -0.05) is 43.2 Å². The lowest BCUT2D eigenvalue weighted by molar-refractivity contribution is 0.305. The lowest BCUT2D eigenvalue weighted by Gasteiger charge is -2.07. The van der Waals surface area contributed by atoms with E-state index in [0.717, 1.165) is 31.6 Å². The van der Waals surface area contributed by atoms with E-state index in [2.05, 4.69) is 42.3 Å². The summed E-state index contributed by atoms with van der Waals surface area (Å²) in [7, 11) is 0. The highest BCUT2D eigenvalue weighted by molar-refractivity contribution is 5.83. The molecule has 0 heterocycles. The van der Waals surface area contributed by atoms with Gasteiger partial charge < -0.3 is 4.74 Å². The van der Waals surface area contributed by atoms with Crippen LogP contribution in [0.1, 0.15) is 32.1 Å². The largest absolute Gasteiger partial charge is 0.494 e. The number of hydrogen-bond donors (Lipinski definition) is 0. The van der Waals surface area contributed by atoms with Crippen molar-refractivity contribution >= 4 is 10.8 Å². The number of rotatable bonds is 7. The normalized spacial score (nSPS) is 10.3. The fourth-order valence-corrected chi connectivity index (χ4v) is 2.13. The van der Waals surface area contributed by atoms with Crippen molar-refractivity contribution < 1.29 is 4.74 Å². The Morgan fingerprint density at radius 1 is 0.895 bits per heavy atom. The van der Waals surface area contributed by atoms with Gasteiger partial charge in [0.05, 0.1) is 6.61 Å². The molecule has 0 aliphatic rings. The molecule has 2 aromatic rings. The minimum atomic E-state index is 0.786. The molecule has 0 aliphatic heterocycles. The van der Waals surface area contributed by atoms with Crippen LogP contribution in [0.5, 0.6) is 5.75 Å². The lowest BCUT2D eigenvalue weighted by Crippen LogP contribution is -1.97. The van der Waals surface area contributed by atoms with Gasteiger partial charge in [0.15, 0.2) is 0 Å². The first-order valence-electron chi connectivity index (χ1n) is 6.95. The van der Waals surface area contributed by atoms with Gasteiger partial charge >= 0.3 is 0 Å². The average molecular weight is 252 g/mol. The Labute approximate surface area is 115 Å². The molecule has 0 spiro atoms. The molecule has 0 N–H and O–H groups in total. The second-order valence-corrected chi connectivity index (χ2v) is 4.73. The van der Waals surface area contributed by atoms with E-state index in [4.69, 9.17) is 11.2 Å². The van der Waals surface area contributed by atoms with Gasteiger partial charge in [-0.3, -0.25) is 0 Å². The van der Waals surface area contributed by atoms with Crippen molar-refractivity contribution in [1.29, 1.82) is 0 Å². The number of terminal acetylenes is 1. The van der Waals surface area contributed by atoms with Crippen LogP contribution in [0, 0.1) is 12.3 Å². The van der Waals surface area contributed by atoms with Gasteiger partial charge in [-0.15, -0.1) is 12.3 Å². The quantitative estimate of drug-likeness (QED) is 0.508. The Bertz CT molecular complexity index is 551. The molecule has 2 rings (SSSR count). The zero-order valence-electron chi connectivity index (χ0n) is 11.3. The lowest BCUT2D eigenvalue weighted by atomic mass is 10.1. The summed E-state index contributed by atoms with van der Waals surface area (Å²) in [4.78, 5) is 0. The Balaban J connectivity index is 1.74. The highest BCUT2D eigenvalue weighted by Crippen LogP contribution is 2.20. The van der Waals surface area contributed by atoms with E-state index < -0.39 is 0 Å². The molecular weight excluding hydrogens is 232 g/mol. The van der Waals surface area contributed by atoms with Gasteiger partial charge in [-0.05, 0) is 35.7 Å². The minimum absolute atomic E-state index is 0.786. The molecule has 0 atom stereocenters. The molecule has 2 aromatic carbocycles.